The highest BCUT2D eigenvalue weighted by molar-refractivity contribution is 6.07. The molecular weight excluding hydrogens is 368 g/mol. The van der Waals surface area contributed by atoms with Crippen molar-refractivity contribution >= 4 is 11.6 Å². The summed E-state index contributed by atoms with van der Waals surface area (Å²) < 4.78 is 0. The van der Waals surface area contributed by atoms with E-state index in [1.165, 1.54) is 95.5 Å². The fourth-order valence-electron chi connectivity index (χ4n) is 4.88. The Hall–Kier alpha value is -1.44. The van der Waals surface area contributed by atoms with Crippen LogP contribution in [0.1, 0.15) is 138 Å². The summed E-state index contributed by atoms with van der Waals surface area (Å²) in [5, 5.41) is 0. The number of carbonyl (C=O) groups is 2. The van der Waals surface area contributed by atoms with Gasteiger partial charge >= 0.3 is 0 Å². The molecule has 0 amide bonds. The highest BCUT2D eigenvalue weighted by atomic mass is 16.1. The fraction of sp³-hybridized carbons (Fsp3) is 0.714. The molecule has 0 aliphatic heterocycles. The topological polar surface area (TPSA) is 34.1 Å². The second-order valence-electron chi connectivity index (χ2n) is 9.45. The summed E-state index contributed by atoms with van der Waals surface area (Å²) in [4.78, 5) is 23.6. The lowest BCUT2D eigenvalue weighted by Gasteiger charge is -2.29. The summed E-state index contributed by atoms with van der Waals surface area (Å²) in [5.41, 5.74) is 2.05. The SMILES string of the molecule is CCCCCCCCCCCC1CCC(c2ccc(C(=O)CC(=O)CC)cc2)CC1. The van der Waals surface area contributed by atoms with E-state index >= 15 is 0 Å². The Morgan fingerprint density at radius 3 is 1.90 bits per heavy atom. The Morgan fingerprint density at radius 1 is 0.767 bits per heavy atom. The molecule has 30 heavy (non-hydrogen) atoms. The maximum absolute atomic E-state index is 12.1. The predicted molar refractivity (Wildman–Crippen MR) is 127 cm³/mol. The van der Waals surface area contributed by atoms with E-state index < -0.39 is 0 Å². The first-order valence-electron chi connectivity index (χ1n) is 12.8. The summed E-state index contributed by atoms with van der Waals surface area (Å²) >= 11 is 0. The highest BCUT2D eigenvalue weighted by Gasteiger charge is 2.22. The number of rotatable bonds is 15. The van der Waals surface area contributed by atoms with Crippen LogP contribution >= 0.6 is 0 Å². The number of Topliss-reactive ketones (excluding diaryl/α,β-unsaturated/α-hetero) is 2. The summed E-state index contributed by atoms with van der Waals surface area (Å²) in [5.74, 6) is 1.55. The van der Waals surface area contributed by atoms with Crippen molar-refractivity contribution in [3.05, 3.63) is 35.4 Å². The van der Waals surface area contributed by atoms with Gasteiger partial charge in [0.15, 0.2) is 5.78 Å². The average molecular weight is 413 g/mol. The lowest BCUT2D eigenvalue weighted by molar-refractivity contribution is -0.117. The van der Waals surface area contributed by atoms with Gasteiger partial charge in [-0.3, -0.25) is 9.59 Å². The third-order valence-corrected chi connectivity index (χ3v) is 7.02. The first kappa shape index (κ1) is 24.8. The molecule has 0 heterocycles. The number of hydrogen-bond donors (Lipinski definition) is 0. The molecule has 0 aromatic heterocycles. The summed E-state index contributed by atoms with van der Waals surface area (Å²) in [6.07, 6.45) is 19.9. The van der Waals surface area contributed by atoms with E-state index in [9.17, 15) is 9.59 Å². The van der Waals surface area contributed by atoms with Crippen LogP contribution in [0.4, 0.5) is 0 Å². The molecule has 1 aromatic rings. The first-order chi connectivity index (χ1) is 14.6. The largest absolute Gasteiger partial charge is 0.299 e. The minimum Gasteiger partial charge on any atom is -0.299 e. The second kappa shape index (κ2) is 14.5. The Labute approximate surface area is 185 Å². The molecule has 1 aromatic carbocycles. The number of ketones is 2. The van der Waals surface area contributed by atoms with Crippen molar-refractivity contribution in [2.75, 3.05) is 0 Å². The van der Waals surface area contributed by atoms with Crippen molar-refractivity contribution in [1.29, 1.82) is 0 Å². The molecule has 1 aliphatic rings. The van der Waals surface area contributed by atoms with Crippen LogP contribution in [0, 0.1) is 5.92 Å². The smallest absolute Gasteiger partial charge is 0.170 e. The molecule has 1 saturated carbocycles. The average Bonchev–Trinajstić information content (AvgIpc) is 2.78. The van der Waals surface area contributed by atoms with Gasteiger partial charge in [0.1, 0.15) is 5.78 Å². The van der Waals surface area contributed by atoms with E-state index in [2.05, 4.69) is 19.1 Å². The normalized spacial score (nSPS) is 19.0. The number of carbonyl (C=O) groups excluding carboxylic acids is 2. The number of benzene rings is 1. The summed E-state index contributed by atoms with van der Waals surface area (Å²) in [6, 6.07) is 8.09. The van der Waals surface area contributed by atoms with Crippen molar-refractivity contribution in [2.24, 2.45) is 5.92 Å². The molecule has 2 heteroatoms. The van der Waals surface area contributed by atoms with Crippen LogP contribution in [0.25, 0.3) is 0 Å². The predicted octanol–water partition coefficient (Wildman–Crippen LogP) is 8.43. The number of hydrogen-bond acceptors (Lipinski definition) is 2. The maximum atomic E-state index is 12.1. The van der Waals surface area contributed by atoms with Crippen molar-refractivity contribution in [1.82, 2.24) is 0 Å². The van der Waals surface area contributed by atoms with E-state index in [4.69, 9.17) is 0 Å². The van der Waals surface area contributed by atoms with Crippen LogP contribution < -0.4 is 0 Å². The lowest BCUT2D eigenvalue weighted by Crippen LogP contribution is -2.13. The zero-order valence-corrected chi connectivity index (χ0v) is 19.6. The molecule has 2 nitrogen and oxygen atoms in total. The molecule has 0 saturated heterocycles. The highest BCUT2D eigenvalue weighted by Crippen LogP contribution is 2.37. The van der Waals surface area contributed by atoms with E-state index in [1.54, 1.807) is 0 Å². The number of unbranched alkanes of at least 4 members (excludes halogenated alkanes) is 8. The van der Waals surface area contributed by atoms with E-state index in [1.807, 2.05) is 19.1 Å². The zero-order chi connectivity index (χ0) is 21.6. The van der Waals surface area contributed by atoms with E-state index in [0.717, 1.165) is 5.92 Å². The monoisotopic (exact) mass is 412 g/mol. The van der Waals surface area contributed by atoms with Crippen molar-refractivity contribution in [3.63, 3.8) is 0 Å². The Kier molecular flexibility index (Phi) is 12.0. The molecule has 1 fully saturated rings. The van der Waals surface area contributed by atoms with Gasteiger partial charge in [-0.15, -0.1) is 0 Å². The first-order valence-corrected chi connectivity index (χ1v) is 12.8. The zero-order valence-electron chi connectivity index (χ0n) is 19.6. The van der Waals surface area contributed by atoms with Gasteiger partial charge in [-0.25, -0.2) is 0 Å². The van der Waals surface area contributed by atoms with Gasteiger partial charge in [0, 0.05) is 12.0 Å². The maximum Gasteiger partial charge on any atom is 0.170 e. The van der Waals surface area contributed by atoms with Gasteiger partial charge in [-0.05, 0) is 43.1 Å². The minimum absolute atomic E-state index is 0.0226. The second-order valence-corrected chi connectivity index (χ2v) is 9.45. The van der Waals surface area contributed by atoms with Crippen LogP contribution in [0.15, 0.2) is 24.3 Å². The molecule has 0 radical (unpaired) electrons. The Morgan fingerprint density at radius 2 is 1.33 bits per heavy atom. The fourth-order valence-corrected chi connectivity index (χ4v) is 4.88. The Balaban J connectivity index is 1.60. The quantitative estimate of drug-likeness (QED) is 0.164. The van der Waals surface area contributed by atoms with Crippen LogP contribution in [0.2, 0.25) is 0 Å². The lowest BCUT2D eigenvalue weighted by atomic mass is 9.77. The van der Waals surface area contributed by atoms with Gasteiger partial charge in [0.2, 0.25) is 0 Å². The van der Waals surface area contributed by atoms with Crippen LogP contribution in [0.5, 0.6) is 0 Å². The van der Waals surface area contributed by atoms with Crippen LogP contribution in [0.3, 0.4) is 0 Å². The Bertz CT molecular complexity index is 608. The molecule has 0 bridgehead atoms. The van der Waals surface area contributed by atoms with Crippen molar-refractivity contribution < 1.29 is 9.59 Å². The van der Waals surface area contributed by atoms with E-state index in [0.29, 0.717) is 17.9 Å². The standard InChI is InChI=1S/C28H44O2/c1-3-5-6-7-8-9-10-11-12-13-23-14-16-24(17-15-23)25-18-20-26(21-19-25)28(30)22-27(29)4-2/h18-21,23-24H,3-17,22H2,1-2H3. The molecule has 0 spiro atoms. The van der Waals surface area contributed by atoms with Gasteiger partial charge < -0.3 is 0 Å². The molecule has 2 rings (SSSR count). The third kappa shape index (κ3) is 9.14. The summed E-state index contributed by atoms with van der Waals surface area (Å²) in [7, 11) is 0. The van der Waals surface area contributed by atoms with Gasteiger partial charge in [0.05, 0.1) is 6.42 Å². The van der Waals surface area contributed by atoms with E-state index in [-0.39, 0.29) is 18.0 Å². The molecule has 168 valence electrons. The van der Waals surface area contributed by atoms with Crippen LogP contribution in [-0.2, 0) is 4.79 Å². The van der Waals surface area contributed by atoms with Gasteiger partial charge in [0.25, 0.3) is 0 Å². The van der Waals surface area contributed by atoms with Crippen molar-refractivity contribution in [3.8, 4) is 0 Å². The third-order valence-electron chi connectivity index (χ3n) is 7.02. The molecule has 0 atom stereocenters. The van der Waals surface area contributed by atoms with Crippen LogP contribution in [-0.4, -0.2) is 11.6 Å². The van der Waals surface area contributed by atoms with Gasteiger partial charge in [-0.1, -0.05) is 102 Å². The molecule has 0 N–H and O–H groups in total. The molecule has 0 unspecified atom stereocenters. The molecular formula is C28H44O2. The van der Waals surface area contributed by atoms with Gasteiger partial charge in [-0.2, -0.15) is 0 Å². The minimum atomic E-state index is -0.0435. The van der Waals surface area contributed by atoms with Crippen molar-refractivity contribution in [2.45, 2.75) is 122 Å². The molecule has 1 aliphatic carbocycles. The summed E-state index contributed by atoms with van der Waals surface area (Å²) in [6.45, 7) is 4.09.